The molecular weight excluding hydrogens is 356 g/mol. The van der Waals surface area contributed by atoms with Gasteiger partial charge in [0.2, 0.25) is 0 Å². The van der Waals surface area contributed by atoms with Gasteiger partial charge in [0.25, 0.3) is 5.91 Å². The molecule has 1 aliphatic heterocycles. The molecule has 3 rings (SSSR count). The first-order valence-corrected chi connectivity index (χ1v) is 9.08. The Morgan fingerprint density at radius 1 is 1.20 bits per heavy atom. The molecule has 0 spiro atoms. The highest BCUT2D eigenvalue weighted by Crippen LogP contribution is 2.32. The van der Waals surface area contributed by atoms with Gasteiger partial charge in [0.05, 0.1) is 12.0 Å². The quantitative estimate of drug-likeness (QED) is 0.770. The number of carbonyl (C=O) groups is 1. The number of amides is 1. The SMILES string of the molecule is COc1cc(/C=C2\SC(Nc3cc(Cl)ccc3C)NC2=O)ccc1C. The number of thioether (sulfide) groups is 1. The summed E-state index contributed by atoms with van der Waals surface area (Å²) >= 11 is 7.50. The second kappa shape index (κ2) is 7.42. The molecule has 1 aliphatic rings. The van der Waals surface area contributed by atoms with Crippen molar-refractivity contribution in [3.63, 3.8) is 0 Å². The van der Waals surface area contributed by atoms with Crippen LogP contribution in [0.25, 0.3) is 6.08 Å². The maximum absolute atomic E-state index is 12.3. The zero-order valence-corrected chi connectivity index (χ0v) is 15.8. The second-order valence-corrected chi connectivity index (χ2v) is 7.40. The molecule has 0 aromatic heterocycles. The molecule has 130 valence electrons. The molecule has 1 fully saturated rings. The van der Waals surface area contributed by atoms with Crippen LogP contribution in [0, 0.1) is 13.8 Å². The van der Waals surface area contributed by atoms with E-state index in [2.05, 4.69) is 10.6 Å². The van der Waals surface area contributed by atoms with Crippen molar-refractivity contribution >= 4 is 41.0 Å². The number of nitrogens with one attached hydrogen (secondary N) is 2. The molecule has 2 N–H and O–H groups in total. The highest BCUT2D eigenvalue weighted by Gasteiger charge is 2.27. The summed E-state index contributed by atoms with van der Waals surface area (Å²) in [6, 6.07) is 11.5. The predicted octanol–water partition coefficient (Wildman–Crippen LogP) is 4.57. The van der Waals surface area contributed by atoms with Gasteiger partial charge in [-0.3, -0.25) is 4.79 Å². The summed E-state index contributed by atoms with van der Waals surface area (Å²) in [6.07, 6.45) is 1.87. The van der Waals surface area contributed by atoms with Crippen LogP contribution in [-0.4, -0.2) is 18.5 Å². The van der Waals surface area contributed by atoms with E-state index in [4.69, 9.17) is 16.3 Å². The van der Waals surface area contributed by atoms with E-state index in [1.54, 1.807) is 7.11 Å². The number of halogens is 1. The lowest BCUT2D eigenvalue weighted by Gasteiger charge is -2.15. The summed E-state index contributed by atoms with van der Waals surface area (Å²) in [5.41, 5.74) is 3.73. The topological polar surface area (TPSA) is 50.4 Å². The van der Waals surface area contributed by atoms with E-state index >= 15 is 0 Å². The molecule has 0 saturated carbocycles. The molecule has 0 aliphatic carbocycles. The van der Waals surface area contributed by atoms with E-state index < -0.39 is 0 Å². The van der Waals surface area contributed by atoms with Crippen LogP contribution in [-0.2, 0) is 4.79 Å². The van der Waals surface area contributed by atoms with Crippen LogP contribution in [0.2, 0.25) is 5.02 Å². The van der Waals surface area contributed by atoms with Crippen LogP contribution < -0.4 is 15.4 Å². The van der Waals surface area contributed by atoms with Gasteiger partial charge in [0.15, 0.2) is 5.50 Å². The number of ether oxygens (including phenoxy) is 1. The standard InChI is InChI=1S/C19H19ClN2O2S/c1-11-5-7-14(20)10-15(11)21-19-22-18(23)17(25-19)9-13-6-4-12(2)16(8-13)24-3/h4-10,19,21H,1-3H3,(H,22,23)/b17-9-. The normalized spacial score (nSPS) is 18.3. The van der Waals surface area contributed by atoms with Crippen molar-refractivity contribution in [2.75, 3.05) is 12.4 Å². The van der Waals surface area contributed by atoms with Crippen molar-refractivity contribution < 1.29 is 9.53 Å². The highest BCUT2D eigenvalue weighted by molar-refractivity contribution is 8.05. The molecule has 1 heterocycles. The first kappa shape index (κ1) is 17.7. The van der Waals surface area contributed by atoms with Gasteiger partial charge in [0.1, 0.15) is 5.75 Å². The summed E-state index contributed by atoms with van der Waals surface area (Å²) in [7, 11) is 1.64. The second-order valence-electron chi connectivity index (χ2n) is 5.81. The first-order chi connectivity index (χ1) is 12.0. The number of benzene rings is 2. The average molecular weight is 375 g/mol. The highest BCUT2D eigenvalue weighted by atomic mass is 35.5. The molecule has 0 bridgehead atoms. The van der Waals surface area contributed by atoms with E-state index in [9.17, 15) is 4.79 Å². The molecule has 1 amide bonds. The Morgan fingerprint density at radius 2 is 1.96 bits per heavy atom. The summed E-state index contributed by atoms with van der Waals surface area (Å²) in [4.78, 5) is 12.9. The van der Waals surface area contributed by atoms with E-state index in [0.717, 1.165) is 28.1 Å². The minimum atomic E-state index is -0.233. The first-order valence-electron chi connectivity index (χ1n) is 7.83. The van der Waals surface area contributed by atoms with Gasteiger partial charge >= 0.3 is 0 Å². The third-order valence-corrected chi connectivity index (χ3v) is 5.21. The van der Waals surface area contributed by atoms with Gasteiger partial charge in [-0.25, -0.2) is 0 Å². The lowest BCUT2D eigenvalue weighted by molar-refractivity contribution is -0.116. The van der Waals surface area contributed by atoms with E-state index in [-0.39, 0.29) is 11.4 Å². The van der Waals surface area contributed by atoms with Gasteiger partial charge in [0, 0.05) is 10.7 Å². The summed E-state index contributed by atoms with van der Waals surface area (Å²) < 4.78 is 5.34. The average Bonchev–Trinajstić information content (AvgIpc) is 2.92. The molecule has 4 nitrogen and oxygen atoms in total. The third-order valence-electron chi connectivity index (χ3n) is 3.95. The molecule has 6 heteroatoms. The van der Waals surface area contributed by atoms with Crippen molar-refractivity contribution in [3.8, 4) is 5.75 Å². The number of methoxy groups -OCH3 is 1. The van der Waals surface area contributed by atoms with Crippen LogP contribution in [0.1, 0.15) is 16.7 Å². The summed E-state index contributed by atoms with van der Waals surface area (Å²) in [6.45, 7) is 3.98. The lowest BCUT2D eigenvalue weighted by atomic mass is 10.1. The Morgan fingerprint density at radius 3 is 2.72 bits per heavy atom. The largest absolute Gasteiger partial charge is 0.496 e. The van der Waals surface area contributed by atoms with E-state index in [0.29, 0.717) is 9.93 Å². The van der Waals surface area contributed by atoms with Gasteiger partial charge in [-0.15, -0.1) is 0 Å². The fourth-order valence-corrected chi connectivity index (χ4v) is 3.68. The van der Waals surface area contributed by atoms with Crippen molar-refractivity contribution in [3.05, 3.63) is 63.0 Å². The van der Waals surface area contributed by atoms with Crippen LogP contribution in [0.3, 0.4) is 0 Å². The number of carbonyl (C=O) groups excluding carboxylic acids is 1. The number of rotatable bonds is 4. The number of anilines is 1. The van der Waals surface area contributed by atoms with Crippen molar-refractivity contribution in [1.82, 2.24) is 5.32 Å². The van der Waals surface area contributed by atoms with E-state index in [1.807, 2.05) is 56.3 Å². The number of aryl methyl sites for hydroxylation is 2. The van der Waals surface area contributed by atoms with Gasteiger partial charge < -0.3 is 15.4 Å². The molecule has 0 radical (unpaired) electrons. The van der Waals surface area contributed by atoms with Crippen LogP contribution >= 0.6 is 23.4 Å². The van der Waals surface area contributed by atoms with Crippen LogP contribution in [0.4, 0.5) is 5.69 Å². The van der Waals surface area contributed by atoms with Crippen LogP contribution in [0.5, 0.6) is 5.75 Å². The predicted molar refractivity (Wildman–Crippen MR) is 105 cm³/mol. The Labute approximate surface area is 156 Å². The van der Waals surface area contributed by atoms with Crippen molar-refractivity contribution in [1.29, 1.82) is 0 Å². The maximum Gasteiger partial charge on any atom is 0.260 e. The zero-order chi connectivity index (χ0) is 18.0. The molecule has 1 atom stereocenters. The lowest BCUT2D eigenvalue weighted by Crippen LogP contribution is -2.31. The number of hydrogen-bond acceptors (Lipinski definition) is 4. The smallest absolute Gasteiger partial charge is 0.260 e. The van der Waals surface area contributed by atoms with Gasteiger partial charge in [-0.05, 0) is 54.8 Å². The molecule has 25 heavy (non-hydrogen) atoms. The van der Waals surface area contributed by atoms with Gasteiger partial charge in [-0.1, -0.05) is 41.6 Å². The van der Waals surface area contributed by atoms with Crippen LogP contribution in [0.15, 0.2) is 41.3 Å². The molecule has 1 saturated heterocycles. The van der Waals surface area contributed by atoms with Crippen molar-refractivity contribution in [2.24, 2.45) is 0 Å². The number of hydrogen-bond donors (Lipinski definition) is 2. The molecular formula is C19H19ClN2O2S. The third kappa shape index (κ3) is 4.11. The Kier molecular flexibility index (Phi) is 5.25. The van der Waals surface area contributed by atoms with Gasteiger partial charge in [-0.2, -0.15) is 0 Å². The fraction of sp³-hybridized carbons (Fsp3) is 0.211. The maximum atomic E-state index is 12.3. The Bertz CT molecular complexity index is 851. The molecule has 2 aromatic carbocycles. The minimum absolute atomic E-state index is 0.0956. The zero-order valence-electron chi connectivity index (χ0n) is 14.2. The fourth-order valence-electron chi connectivity index (χ4n) is 2.53. The monoisotopic (exact) mass is 374 g/mol. The Hall–Kier alpha value is -2.11. The summed E-state index contributed by atoms with van der Waals surface area (Å²) in [5, 5.41) is 6.90. The molecule has 2 aromatic rings. The minimum Gasteiger partial charge on any atom is -0.496 e. The Balaban J connectivity index is 1.77. The molecule has 1 unspecified atom stereocenters. The van der Waals surface area contributed by atoms with E-state index in [1.165, 1.54) is 11.8 Å². The van der Waals surface area contributed by atoms with Crippen molar-refractivity contribution in [2.45, 2.75) is 19.3 Å². The summed E-state index contributed by atoms with van der Waals surface area (Å²) in [5.74, 6) is 0.712.